The Bertz CT molecular complexity index is 788. The van der Waals surface area contributed by atoms with Crippen LogP contribution in [0.2, 0.25) is 0 Å². The van der Waals surface area contributed by atoms with Gasteiger partial charge in [0.25, 0.3) is 0 Å². The lowest BCUT2D eigenvalue weighted by molar-refractivity contribution is -0.131. The molecule has 2 amide bonds. The summed E-state index contributed by atoms with van der Waals surface area (Å²) < 4.78 is 37.3. The van der Waals surface area contributed by atoms with Gasteiger partial charge in [0.1, 0.15) is 5.75 Å². The van der Waals surface area contributed by atoms with Crippen LogP contribution < -0.4 is 9.46 Å². The normalized spacial score (nSPS) is 14.8. The first-order chi connectivity index (χ1) is 12.8. The molecule has 27 heavy (non-hydrogen) atoms. The first-order valence-electron chi connectivity index (χ1n) is 8.62. The fourth-order valence-electron chi connectivity index (χ4n) is 2.75. The topological polar surface area (TPSA) is 105 Å². The highest BCUT2D eigenvalue weighted by Gasteiger charge is 2.26. The Balaban J connectivity index is 1.91. The van der Waals surface area contributed by atoms with Crippen LogP contribution in [0.25, 0.3) is 0 Å². The Morgan fingerprint density at radius 3 is 2.33 bits per heavy atom. The summed E-state index contributed by atoms with van der Waals surface area (Å²) in [5.41, 5.74) is 0.525. The summed E-state index contributed by atoms with van der Waals surface area (Å²) >= 11 is 0. The summed E-state index contributed by atoms with van der Waals surface area (Å²) in [6.07, 6.45) is -0.403. The maximum atomic E-state index is 12.5. The molecule has 0 saturated carbocycles. The van der Waals surface area contributed by atoms with Crippen molar-refractivity contribution in [3.05, 3.63) is 23.8 Å². The van der Waals surface area contributed by atoms with Crippen LogP contribution in [-0.4, -0.2) is 76.7 Å². The molecule has 1 saturated heterocycles. The molecule has 1 heterocycles. The third-order valence-corrected chi connectivity index (χ3v) is 5.80. The number of carbonyl (C=O) groups excluding carboxylic acids is 2. The third-order valence-electron chi connectivity index (χ3n) is 4.24. The molecule has 9 nitrogen and oxygen atoms in total. The highest BCUT2D eigenvalue weighted by molar-refractivity contribution is 7.89. The van der Waals surface area contributed by atoms with Crippen molar-refractivity contribution in [1.29, 1.82) is 0 Å². The van der Waals surface area contributed by atoms with Crippen LogP contribution in [0.3, 0.4) is 0 Å². The molecule has 10 heteroatoms. The molecule has 0 atom stereocenters. The predicted octanol–water partition coefficient (Wildman–Crippen LogP) is 0.583. The van der Waals surface area contributed by atoms with E-state index < -0.39 is 16.1 Å². The van der Waals surface area contributed by atoms with Crippen molar-refractivity contribution in [2.75, 3.05) is 46.4 Å². The van der Waals surface area contributed by atoms with E-state index in [2.05, 4.69) is 4.72 Å². The van der Waals surface area contributed by atoms with E-state index >= 15 is 0 Å². The number of hydrogen-bond acceptors (Lipinski definition) is 6. The molecule has 1 aromatic carbocycles. The molecule has 1 aliphatic rings. The molecule has 0 spiro atoms. The monoisotopic (exact) mass is 399 g/mol. The van der Waals surface area contributed by atoms with Crippen LogP contribution in [0.5, 0.6) is 5.75 Å². The summed E-state index contributed by atoms with van der Waals surface area (Å²) in [4.78, 5) is 27.1. The number of nitrogens with zero attached hydrogens (tertiary/aromatic N) is 2. The van der Waals surface area contributed by atoms with Gasteiger partial charge in [-0.1, -0.05) is 0 Å². The molecule has 0 unspecified atom stereocenters. The number of hydrogen-bond donors (Lipinski definition) is 1. The largest absolute Gasteiger partial charge is 0.497 e. The van der Waals surface area contributed by atoms with E-state index in [4.69, 9.17) is 9.47 Å². The van der Waals surface area contributed by atoms with Crippen LogP contribution in [0, 0.1) is 6.92 Å². The van der Waals surface area contributed by atoms with Crippen molar-refractivity contribution < 1.29 is 27.5 Å². The van der Waals surface area contributed by atoms with Crippen molar-refractivity contribution in [2.24, 2.45) is 0 Å². The van der Waals surface area contributed by atoms with E-state index in [1.165, 1.54) is 23.0 Å². The molecule has 0 aromatic heterocycles. The summed E-state index contributed by atoms with van der Waals surface area (Å²) in [5.74, 6) is 0.218. The zero-order valence-electron chi connectivity index (χ0n) is 15.7. The van der Waals surface area contributed by atoms with Crippen LogP contribution in [0.15, 0.2) is 23.1 Å². The standard InChI is InChI=1S/C17H25N3O6S/c1-4-26-17(22)20-9-7-19(8-10-20)16(21)12-18-27(23,24)15-6-5-14(25-3)11-13(15)2/h5-6,11,18H,4,7-10,12H2,1-3H3. The minimum atomic E-state index is -3.82. The highest BCUT2D eigenvalue weighted by atomic mass is 32.2. The Morgan fingerprint density at radius 1 is 1.15 bits per heavy atom. The number of benzene rings is 1. The molecule has 1 aromatic rings. The van der Waals surface area contributed by atoms with Gasteiger partial charge in [-0.15, -0.1) is 0 Å². The minimum Gasteiger partial charge on any atom is -0.497 e. The molecule has 1 fully saturated rings. The number of aryl methyl sites for hydroxylation is 1. The van der Waals surface area contributed by atoms with E-state index in [0.29, 0.717) is 44.1 Å². The average Bonchev–Trinajstić information content (AvgIpc) is 2.66. The smallest absolute Gasteiger partial charge is 0.409 e. The first kappa shape index (κ1) is 21.0. The maximum Gasteiger partial charge on any atom is 0.409 e. The van der Waals surface area contributed by atoms with Crippen molar-refractivity contribution in [3.63, 3.8) is 0 Å². The van der Waals surface area contributed by atoms with E-state index in [1.54, 1.807) is 26.0 Å². The SMILES string of the molecule is CCOC(=O)N1CCN(C(=O)CNS(=O)(=O)c2ccc(OC)cc2C)CC1. The second kappa shape index (κ2) is 9.05. The number of rotatable bonds is 6. The van der Waals surface area contributed by atoms with Gasteiger partial charge < -0.3 is 19.3 Å². The van der Waals surface area contributed by atoms with Crippen molar-refractivity contribution in [3.8, 4) is 5.75 Å². The summed E-state index contributed by atoms with van der Waals surface area (Å²) in [7, 11) is -2.32. The average molecular weight is 399 g/mol. The zero-order valence-corrected chi connectivity index (χ0v) is 16.5. The van der Waals surface area contributed by atoms with Crippen molar-refractivity contribution in [1.82, 2.24) is 14.5 Å². The van der Waals surface area contributed by atoms with Gasteiger partial charge in [-0.2, -0.15) is 0 Å². The Morgan fingerprint density at radius 2 is 1.78 bits per heavy atom. The van der Waals surface area contributed by atoms with Crippen LogP contribution >= 0.6 is 0 Å². The summed E-state index contributed by atoms with van der Waals surface area (Å²) in [6, 6.07) is 4.61. The molecule has 1 aliphatic heterocycles. The lowest BCUT2D eigenvalue weighted by atomic mass is 10.2. The maximum absolute atomic E-state index is 12.5. The lowest BCUT2D eigenvalue weighted by Crippen LogP contribution is -2.52. The van der Waals surface area contributed by atoms with Gasteiger partial charge in [-0.3, -0.25) is 4.79 Å². The van der Waals surface area contributed by atoms with Gasteiger partial charge >= 0.3 is 6.09 Å². The predicted molar refractivity (Wildman–Crippen MR) is 98.1 cm³/mol. The third kappa shape index (κ3) is 5.33. The molecule has 0 aliphatic carbocycles. The second-order valence-electron chi connectivity index (χ2n) is 6.02. The molecule has 0 bridgehead atoms. The van der Waals surface area contributed by atoms with Gasteiger partial charge in [0.05, 0.1) is 25.2 Å². The van der Waals surface area contributed by atoms with E-state index in [9.17, 15) is 18.0 Å². The molecule has 0 radical (unpaired) electrons. The van der Waals surface area contributed by atoms with E-state index in [1.807, 2.05) is 0 Å². The van der Waals surface area contributed by atoms with Gasteiger partial charge in [0.15, 0.2) is 0 Å². The van der Waals surface area contributed by atoms with E-state index in [0.717, 1.165) is 0 Å². The molecule has 2 rings (SSSR count). The van der Waals surface area contributed by atoms with Gasteiger partial charge in [0, 0.05) is 26.2 Å². The molecular weight excluding hydrogens is 374 g/mol. The summed E-state index contributed by atoms with van der Waals surface area (Å²) in [6.45, 7) is 4.73. The Kier molecular flexibility index (Phi) is 7.03. The van der Waals surface area contributed by atoms with Crippen molar-refractivity contribution in [2.45, 2.75) is 18.7 Å². The Labute approximate surface area is 159 Å². The number of ether oxygens (including phenoxy) is 2. The zero-order chi connectivity index (χ0) is 20.0. The van der Waals surface area contributed by atoms with Crippen LogP contribution in [0.4, 0.5) is 4.79 Å². The fraction of sp³-hybridized carbons (Fsp3) is 0.529. The number of methoxy groups -OCH3 is 1. The number of piperazine rings is 1. The van der Waals surface area contributed by atoms with Gasteiger partial charge in [-0.05, 0) is 37.6 Å². The summed E-state index contributed by atoms with van der Waals surface area (Å²) in [5, 5.41) is 0. The van der Waals surface area contributed by atoms with Crippen LogP contribution in [0.1, 0.15) is 12.5 Å². The number of nitrogens with one attached hydrogen (secondary N) is 1. The van der Waals surface area contributed by atoms with Crippen molar-refractivity contribution >= 4 is 22.0 Å². The molecule has 150 valence electrons. The molecule has 1 N–H and O–H groups in total. The number of carbonyl (C=O) groups is 2. The lowest BCUT2D eigenvalue weighted by Gasteiger charge is -2.34. The molecular formula is C17H25N3O6S. The van der Waals surface area contributed by atoms with Crippen LogP contribution in [-0.2, 0) is 19.6 Å². The van der Waals surface area contributed by atoms with E-state index in [-0.39, 0.29) is 17.3 Å². The highest BCUT2D eigenvalue weighted by Crippen LogP contribution is 2.20. The van der Waals surface area contributed by atoms with Gasteiger partial charge in [-0.25, -0.2) is 17.9 Å². The number of sulfonamides is 1. The Hall–Kier alpha value is -2.33. The number of amides is 2. The first-order valence-corrected chi connectivity index (χ1v) is 10.1. The minimum absolute atomic E-state index is 0.100. The quantitative estimate of drug-likeness (QED) is 0.750. The fourth-order valence-corrected chi connectivity index (χ4v) is 3.95. The second-order valence-corrected chi connectivity index (χ2v) is 7.76. The van der Waals surface area contributed by atoms with Gasteiger partial charge in [0.2, 0.25) is 15.9 Å².